The third-order valence-corrected chi connectivity index (χ3v) is 3.32. The molecule has 22 heavy (non-hydrogen) atoms. The molecule has 0 saturated carbocycles. The average Bonchev–Trinajstić information content (AvgIpc) is 3.12. The fourth-order valence-corrected chi connectivity index (χ4v) is 2.23. The predicted octanol–water partition coefficient (Wildman–Crippen LogP) is 1.75. The first kappa shape index (κ1) is 14.4. The molecule has 1 aliphatic rings. The van der Waals surface area contributed by atoms with Crippen molar-refractivity contribution in [1.29, 1.82) is 0 Å². The van der Waals surface area contributed by atoms with E-state index < -0.39 is 0 Å². The van der Waals surface area contributed by atoms with Gasteiger partial charge in [0.2, 0.25) is 6.79 Å². The van der Waals surface area contributed by atoms with Crippen LogP contribution < -0.4 is 14.8 Å². The minimum atomic E-state index is -0.247. The number of fused-ring (bicyclic) bond motifs is 1. The largest absolute Gasteiger partial charge is 0.454 e. The molecule has 0 aliphatic carbocycles. The number of amides is 1. The molecule has 2 aromatic rings. The summed E-state index contributed by atoms with van der Waals surface area (Å²) < 4.78 is 20.9. The number of hydrogen-bond donors (Lipinski definition) is 1. The fraction of sp³-hybridized carbons (Fsp3) is 0.333. The Morgan fingerprint density at radius 3 is 3.00 bits per heavy atom. The number of nitrogens with zero attached hydrogens (tertiary/aromatic N) is 1. The highest BCUT2D eigenvalue weighted by molar-refractivity contribution is 6.00. The molecule has 0 spiro atoms. The number of carbonyl (C=O) groups is 1. The normalized spacial score (nSPS) is 12.5. The lowest BCUT2D eigenvalue weighted by atomic mass is 10.1. The molecule has 7 heteroatoms. The zero-order chi connectivity index (χ0) is 15.5. The van der Waals surface area contributed by atoms with Crippen LogP contribution in [0.1, 0.15) is 16.1 Å². The molecule has 116 valence electrons. The second kappa shape index (κ2) is 6.07. The van der Waals surface area contributed by atoms with Gasteiger partial charge < -0.3 is 24.1 Å². The molecule has 0 fully saturated rings. The second-order valence-corrected chi connectivity index (χ2v) is 4.79. The first-order valence-electron chi connectivity index (χ1n) is 6.84. The van der Waals surface area contributed by atoms with E-state index in [4.69, 9.17) is 18.7 Å². The molecule has 1 N–H and O–H groups in total. The molecule has 1 aromatic carbocycles. The van der Waals surface area contributed by atoms with Gasteiger partial charge in [-0.2, -0.15) is 0 Å². The quantitative estimate of drug-likeness (QED) is 0.847. The Morgan fingerprint density at radius 2 is 2.18 bits per heavy atom. The summed E-state index contributed by atoms with van der Waals surface area (Å²) >= 11 is 0. The van der Waals surface area contributed by atoms with E-state index in [2.05, 4.69) is 10.5 Å². The topological polar surface area (TPSA) is 82.8 Å². The van der Waals surface area contributed by atoms with Gasteiger partial charge in [0, 0.05) is 19.2 Å². The van der Waals surface area contributed by atoms with Crippen LogP contribution in [-0.2, 0) is 4.74 Å². The SMILES string of the molecule is COCCNC(=O)c1c(C)noc1-c1ccc2c(c1)OCO2. The Morgan fingerprint density at radius 1 is 1.36 bits per heavy atom. The van der Waals surface area contributed by atoms with Gasteiger partial charge in [-0.25, -0.2) is 0 Å². The van der Waals surface area contributed by atoms with Crippen molar-refractivity contribution in [3.05, 3.63) is 29.5 Å². The maximum Gasteiger partial charge on any atom is 0.257 e. The Labute approximate surface area is 127 Å². The predicted molar refractivity (Wildman–Crippen MR) is 77.0 cm³/mol. The number of rotatable bonds is 5. The molecule has 1 aliphatic heterocycles. The van der Waals surface area contributed by atoms with Gasteiger partial charge in [0.25, 0.3) is 5.91 Å². The van der Waals surface area contributed by atoms with Crippen molar-refractivity contribution in [2.24, 2.45) is 0 Å². The van der Waals surface area contributed by atoms with Crippen LogP contribution in [0.15, 0.2) is 22.7 Å². The van der Waals surface area contributed by atoms with E-state index in [-0.39, 0.29) is 12.7 Å². The molecule has 1 amide bonds. The summed E-state index contributed by atoms with van der Waals surface area (Å²) in [5.74, 6) is 1.46. The third-order valence-electron chi connectivity index (χ3n) is 3.32. The lowest BCUT2D eigenvalue weighted by Gasteiger charge is -2.05. The minimum absolute atomic E-state index is 0.193. The van der Waals surface area contributed by atoms with Gasteiger partial charge in [0.15, 0.2) is 17.3 Å². The van der Waals surface area contributed by atoms with Crippen LogP contribution in [0.25, 0.3) is 11.3 Å². The van der Waals surface area contributed by atoms with Gasteiger partial charge in [-0.1, -0.05) is 5.16 Å². The standard InChI is InChI=1S/C15H16N2O5/c1-9-13(15(18)16-5-6-19-2)14(22-17-9)10-3-4-11-12(7-10)21-8-20-11/h3-4,7H,5-6,8H2,1-2H3,(H,16,18). The lowest BCUT2D eigenvalue weighted by Crippen LogP contribution is -2.27. The molecule has 0 bridgehead atoms. The second-order valence-electron chi connectivity index (χ2n) is 4.79. The van der Waals surface area contributed by atoms with Gasteiger partial charge in [-0.3, -0.25) is 4.79 Å². The number of ether oxygens (including phenoxy) is 3. The van der Waals surface area contributed by atoms with E-state index >= 15 is 0 Å². The Bertz CT molecular complexity index is 695. The van der Waals surface area contributed by atoms with E-state index in [9.17, 15) is 4.79 Å². The Kier molecular flexibility index (Phi) is 3.97. The van der Waals surface area contributed by atoms with Gasteiger partial charge in [0.05, 0.1) is 12.3 Å². The highest BCUT2D eigenvalue weighted by Crippen LogP contribution is 2.37. The van der Waals surface area contributed by atoms with Gasteiger partial charge in [0.1, 0.15) is 5.56 Å². The van der Waals surface area contributed by atoms with E-state index in [0.717, 1.165) is 0 Å². The molecule has 3 rings (SSSR count). The number of carbonyl (C=O) groups excluding carboxylic acids is 1. The highest BCUT2D eigenvalue weighted by Gasteiger charge is 2.23. The number of hydrogen-bond acceptors (Lipinski definition) is 6. The first-order valence-corrected chi connectivity index (χ1v) is 6.84. The fourth-order valence-electron chi connectivity index (χ4n) is 2.23. The third kappa shape index (κ3) is 2.62. The molecule has 0 atom stereocenters. The van der Waals surface area contributed by atoms with Crippen molar-refractivity contribution >= 4 is 5.91 Å². The van der Waals surface area contributed by atoms with Crippen molar-refractivity contribution in [1.82, 2.24) is 10.5 Å². The Hall–Kier alpha value is -2.54. The van der Waals surface area contributed by atoms with Crippen LogP contribution in [0, 0.1) is 6.92 Å². The van der Waals surface area contributed by atoms with Gasteiger partial charge >= 0.3 is 0 Å². The number of aromatic nitrogens is 1. The summed E-state index contributed by atoms with van der Waals surface area (Å²) in [6.45, 7) is 2.78. The maximum absolute atomic E-state index is 12.3. The summed E-state index contributed by atoms with van der Waals surface area (Å²) in [7, 11) is 1.58. The summed E-state index contributed by atoms with van der Waals surface area (Å²) in [5, 5.41) is 6.67. The molecule has 2 heterocycles. The van der Waals surface area contributed by atoms with E-state index in [1.54, 1.807) is 32.2 Å². The number of methoxy groups -OCH3 is 1. The number of aryl methyl sites for hydroxylation is 1. The monoisotopic (exact) mass is 304 g/mol. The molecular weight excluding hydrogens is 288 g/mol. The highest BCUT2D eigenvalue weighted by atomic mass is 16.7. The van der Waals surface area contributed by atoms with E-state index in [1.807, 2.05) is 0 Å². The number of benzene rings is 1. The zero-order valence-electron chi connectivity index (χ0n) is 12.3. The van der Waals surface area contributed by atoms with Crippen LogP contribution in [0.4, 0.5) is 0 Å². The summed E-state index contributed by atoms with van der Waals surface area (Å²) in [6, 6.07) is 5.36. The summed E-state index contributed by atoms with van der Waals surface area (Å²) in [6.07, 6.45) is 0. The molecule has 7 nitrogen and oxygen atoms in total. The zero-order valence-corrected chi connectivity index (χ0v) is 12.3. The van der Waals surface area contributed by atoms with Crippen molar-refractivity contribution in [2.75, 3.05) is 27.1 Å². The lowest BCUT2D eigenvalue weighted by molar-refractivity contribution is 0.0937. The van der Waals surface area contributed by atoms with Gasteiger partial charge in [-0.15, -0.1) is 0 Å². The van der Waals surface area contributed by atoms with Crippen LogP contribution in [-0.4, -0.2) is 38.1 Å². The minimum Gasteiger partial charge on any atom is -0.454 e. The molecule has 0 radical (unpaired) electrons. The average molecular weight is 304 g/mol. The first-order chi connectivity index (χ1) is 10.7. The van der Waals surface area contributed by atoms with E-state index in [1.165, 1.54) is 0 Å². The Balaban J connectivity index is 1.90. The maximum atomic E-state index is 12.3. The smallest absolute Gasteiger partial charge is 0.257 e. The van der Waals surface area contributed by atoms with Crippen molar-refractivity contribution < 1.29 is 23.5 Å². The van der Waals surface area contributed by atoms with Crippen molar-refractivity contribution in [3.8, 4) is 22.8 Å². The summed E-state index contributed by atoms with van der Waals surface area (Å²) in [4.78, 5) is 12.3. The van der Waals surface area contributed by atoms with Crippen molar-refractivity contribution in [2.45, 2.75) is 6.92 Å². The van der Waals surface area contributed by atoms with Crippen LogP contribution >= 0.6 is 0 Å². The van der Waals surface area contributed by atoms with Crippen LogP contribution in [0.2, 0.25) is 0 Å². The van der Waals surface area contributed by atoms with Crippen molar-refractivity contribution in [3.63, 3.8) is 0 Å². The molecular formula is C15H16N2O5. The molecule has 0 unspecified atom stereocenters. The van der Waals surface area contributed by atoms with Crippen LogP contribution in [0.3, 0.4) is 0 Å². The van der Waals surface area contributed by atoms with Gasteiger partial charge in [-0.05, 0) is 25.1 Å². The number of nitrogens with one attached hydrogen (secondary N) is 1. The molecule has 0 saturated heterocycles. The molecule has 1 aromatic heterocycles. The van der Waals surface area contributed by atoms with Crippen LogP contribution in [0.5, 0.6) is 11.5 Å². The van der Waals surface area contributed by atoms with E-state index in [0.29, 0.717) is 47.2 Å². The summed E-state index contributed by atoms with van der Waals surface area (Å²) in [5.41, 5.74) is 1.65.